The summed E-state index contributed by atoms with van der Waals surface area (Å²) in [6, 6.07) is 2.26. The van der Waals surface area contributed by atoms with Crippen LogP contribution in [0.3, 0.4) is 0 Å². The Kier molecular flexibility index (Phi) is 4.11. The van der Waals surface area contributed by atoms with Gasteiger partial charge >= 0.3 is 6.03 Å². The summed E-state index contributed by atoms with van der Waals surface area (Å²) in [5.74, 6) is -3.16. The SMILES string of the molecule is CN1C(=O)N(CC(=O)c2ccc(F)c(F)c2)C(=O)C12CCCCC2. The maximum absolute atomic E-state index is 13.3. The van der Waals surface area contributed by atoms with Gasteiger partial charge < -0.3 is 4.90 Å². The van der Waals surface area contributed by atoms with E-state index in [1.54, 1.807) is 7.05 Å². The Morgan fingerprint density at radius 1 is 1.12 bits per heavy atom. The normalized spacial score (nSPS) is 20.1. The number of carbonyl (C=O) groups excluding carboxylic acids is 3. The minimum atomic E-state index is -1.14. The van der Waals surface area contributed by atoms with Crippen LogP contribution in [0, 0.1) is 11.6 Å². The quantitative estimate of drug-likeness (QED) is 0.630. The van der Waals surface area contributed by atoms with Gasteiger partial charge in [0, 0.05) is 12.6 Å². The zero-order valence-electron chi connectivity index (χ0n) is 13.3. The number of carbonyl (C=O) groups is 3. The van der Waals surface area contributed by atoms with Crippen molar-refractivity contribution in [3.8, 4) is 0 Å². The third-order valence-corrected chi connectivity index (χ3v) is 5.03. The van der Waals surface area contributed by atoms with Crippen LogP contribution < -0.4 is 0 Å². The molecule has 1 saturated heterocycles. The lowest BCUT2D eigenvalue weighted by atomic mass is 9.80. The van der Waals surface area contributed by atoms with Gasteiger partial charge in [0.2, 0.25) is 0 Å². The second-order valence-electron chi connectivity index (χ2n) is 6.38. The van der Waals surface area contributed by atoms with E-state index < -0.39 is 35.5 Å². The van der Waals surface area contributed by atoms with Crippen LogP contribution >= 0.6 is 0 Å². The van der Waals surface area contributed by atoms with Gasteiger partial charge in [-0.05, 0) is 31.0 Å². The van der Waals surface area contributed by atoms with Gasteiger partial charge in [-0.1, -0.05) is 19.3 Å². The number of imide groups is 1. The lowest BCUT2D eigenvalue weighted by molar-refractivity contribution is -0.134. The number of likely N-dealkylation sites (N-methyl/N-ethyl adjacent to an activating group) is 1. The Morgan fingerprint density at radius 2 is 1.79 bits per heavy atom. The van der Waals surface area contributed by atoms with E-state index >= 15 is 0 Å². The highest BCUT2D eigenvalue weighted by molar-refractivity contribution is 6.11. The third-order valence-electron chi connectivity index (χ3n) is 5.03. The number of urea groups is 1. The molecule has 0 atom stereocenters. The van der Waals surface area contributed by atoms with Crippen molar-refractivity contribution < 1.29 is 23.2 Å². The van der Waals surface area contributed by atoms with E-state index in [1.807, 2.05) is 0 Å². The fraction of sp³-hybridized carbons (Fsp3) is 0.471. The molecule has 24 heavy (non-hydrogen) atoms. The number of ketones is 1. The number of benzene rings is 1. The van der Waals surface area contributed by atoms with Crippen LogP contribution in [0.5, 0.6) is 0 Å². The molecular weight excluding hydrogens is 318 g/mol. The Bertz CT molecular complexity index is 714. The van der Waals surface area contributed by atoms with Crippen molar-refractivity contribution >= 4 is 17.7 Å². The van der Waals surface area contributed by atoms with Crippen LogP contribution in [0.25, 0.3) is 0 Å². The van der Waals surface area contributed by atoms with Crippen molar-refractivity contribution in [1.29, 1.82) is 0 Å². The summed E-state index contributed by atoms with van der Waals surface area (Å²) in [7, 11) is 1.58. The van der Waals surface area contributed by atoms with Gasteiger partial charge in [0.15, 0.2) is 17.4 Å². The van der Waals surface area contributed by atoms with Crippen LogP contribution in [-0.2, 0) is 4.79 Å². The molecule has 3 amide bonds. The monoisotopic (exact) mass is 336 g/mol. The average molecular weight is 336 g/mol. The van der Waals surface area contributed by atoms with Gasteiger partial charge in [-0.25, -0.2) is 13.6 Å². The van der Waals surface area contributed by atoms with Crippen molar-refractivity contribution in [2.75, 3.05) is 13.6 Å². The second-order valence-corrected chi connectivity index (χ2v) is 6.38. The average Bonchev–Trinajstić information content (AvgIpc) is 2.74. The molecule has 7 heteroatoms. The fourth-order valence-corrected chi connectivity index (χ4v) is 3.58. The summed E-state index contributed by atoms with van der Waals surface area (Å²) < 4.78 is 26.2. The van der Waals surface area contributed by atoms with Gasteiger partial charge in [0.25, 0.3) is 5.91 Å². The lowest BCUT2D eigenvalue weighted by Crippen LogP contribution is -2.49. The lowest BCUT2D eigenvalue weighted by Gasteiger charge is -2.35. The maximum atomic E-state index is 13.3. The Morgan fingerprint density at radius 3 is 2.42 bits per heavy atom. The van der Waals surface area contributed by atoms with E-state index in [9.17, 15) is 23.2 Å². The molecule has 1 spiro atoms. The second kappa shape index (κ2) is 5.96. The molecule has 1 aliphatic carbocycles. The van der Waals surface area contributed by atoms with Crippen molar-refractivity contribution in [2.45, 2.75) is 37.6 Å². The third kappa shape index (κ3) is 2.48. The summed E-state index contributed by atoms with van der Waals surface area (Å²) in [5, 5.41) is 0. The molecule has 3 rings (SSSR count). The van der Waals surface area contributed by atoms with E-state index in [-0.39, 0.29) is 11.5 Å². The van der Waals surface area contributed by atoms with Crippen molar-refractivity contribution in [1.82, 2.24) is 9.80 Å². The molecule has 128 valence electrons. The number of hydrogen-bond donors (Lipinski definition) is 0. The number of Topliss-reactive ketones (excluding diaryl/α,β-unsaturated/α-hetero) is 1. The van der Waals surface area contributed by atoms with Gasteiger partial charge in [-0.2, -0.15) is 0 Å². The number of hydrogen-bond acceptors (Lipinski definition) is 3. The first-order chi connectivity index (χ1) is 11.4. The standard InChI is InChI=1S/C17H18F2N2O3/c1-20-16(24)21(15(23)17(20)7-3-2-4-8-17)10-14(22)11-5-6-12(18)13(19)9-11/h5-6,9H,2-4,7-8,10H2,1H3. The molecule has 5 nitrogen and oxygen atoms in total. The molecule has 1 saturated carbocycles. The molecule has 0 unspecified atom stereocenters. The number of amides is 3. The summed E-state index contributed by atoms with van der Waals surface area (Å²) in [6.45, 7) is -0.463. The molecule has 0 aromatic heterocycles. The van der Waals surface area contributed by atoms with E-state index in [0.717, 1.165) is 42.4 Å². The van der Waals surface area contributed by atoms with Gasteiger partial charge in [-0.3, -0.25) is 14.5 Å². The molecular formula is C17H18F2N2O3. The molecule has 1 aliphatic heterocycles. The molecule has 1 aromatic carbocycles. The molecule has 0 N–H and O–H groups in total. The molecule has 1 aromatic rings. The minimum Gasteiger partial charge on any atom is -0.313 e. The summed E-state index contributed by atoms with van der Waals surface area (Å²) in [4.78, 5) is 39.8. The maximum Gasteiger partial charge on any atom is 0.327 e. The number of nitrogens with zero attached hydrogens (tertiary/aromatic N) is 2. The Balaban J connectivity index is 1.81. The highest BCUT2D eigenvalue weighted by atomic mass is 19.2. The summed E-state index contributed by atoms with van der Waals surface area (Å²) in [6.07, 6.45) is 3.90. The highest BCUT2D eigenvalue weighted by Gasteiger charge is 2.55. The van der Waals surface area contributed by atoms with Crippen LogP contribution in [0.4, 0.5) is 13.6 Å². The molecule has 0 bridgehead atoms. The zero-order valence-corrected chi connectivity index (χ0v) is 13.3. The number of halogens is 2. The van der Waals surface area contributed by atoms with Crippen LogP contribution in [-0.4, -0.2) is 46.7 Å². The molecule has 2 fully saturated rings. The first kappa shape index (κ1) is 16.5. The molecule has 1 heterocycles. The Labute approximate surface area is 138 Å². The van der Waals surface area contributed by atoms with Crippen molar-refractivity contribution in [3.63, 3.8) is 0 Å². The smallest absolute Gasteiger partial charge is 0.313 e. The molecule has 2 aliphatic rings. The van der Waals surface area contributed by atoms with Gasteiger partial charge in [0.05, 0.1) is 6.54 Å². The van der Waals surface area contributed by atoms with E-state index in [0.29, 0.717) is 12.8 Å². The van der Waals surface area contributed by atoms with Crippen LogP contribution in [0.15, 0.2) is 18.2 Å². The van der Waals surface area contributed by atoms with E-state index in [2.05, 4.69) is 0 Å². The van der Waals surface area contributed by atoms with Crippen LogP contribution in [0.1, 0.15) is 42.5 Å². The Hall–Kier alpha value is -2.31. The van der Waals surface area contributed by atoms with E-state index in [1.165, 1.54) is 4.90 Å². The largest absolute Gasteiger partial charge is 0.327 e. The van der Waals surface area contributed by atoms with Crippen LogP contribution in [0.2, 0.25) is 0 Å². The van der Waals surface area contributed by atoms with E-state index in [4.69, 9.17) is 0 Å². The summed E-state index contributed by atoms with van der Waals surface area (Å²) >= 11 is 0. The van der Waals surface area contributed by atoms with Crippen molar-refractivity contribution in [2.24, 2.45) is 0 Å². The molecule has 0 radical (unpaired) electrons. The fourth-order valence-electron chi connectivity index (χ4n) is 3.58. The predicted molar refractivity (Wildman–Crippen MR) is 81.4 cm³/mol. The van der Waals surface area contributed by atoms with Crippen molar-refractivity contribution in [3.05, 3.63) is 35.4 Å². The number of rotatable bonds is 3. The first-order valence-corrected chi connectivity index (χ1v) is 7.95. The van der Waals surface area contributed by atoms with Gasteiger partial charge in [0.1, 0.15) is 5.54 Å². The predicted octanol–water partition coefficient (Wildman–Crippen LogP) is 2.74. The highest BCUT2D eigenvalue weighted by Crippen LogP contribution is 2.39. The zero-order chi connectivity index (χ0) is 17.5. The minimum absolute atomic E-state index is 0.0678. The topological polar surface area (TPSA) is 57.7 Å². The summed E-state index contributed by atoms with van der Waals surface area (Å²) in [5.41, 5.74) is -0.925. The first-order valence-electron chi connectivity index (χ1n) is 7.95. The van der Waals surface area contributed by atoms with Gasteiger partial charge in [-0.15, -0.1) is 0 Å².